The molecule has 0 unspecified atom stereocenters. The lowest BCUT2D eigenvalue weighted by Crippen LogP contribution is -2.22. The first-order valence-corrected chi connectivity index (χ1v) is 11.6. The number of nitrogens with one attached hydrogen (secondary N) is 1. The Bertz CT molecular complexity index is 1720. The zero-order valence-electron chi connectivity index (χ0n) is 18.6. The zero-order valence-corrected chi connectivity index (χ0v) is 19.4. The molecule has 0 aliphatic heterocycles. The van der Waals surface area contributed by atoms with Crippen LogP contribution in [0.15, 0.2) is 64.3 Å². The van der Waals surface area contributed by atoms with Gasteiger partial charge in [-0.1, -0.05) is 12.1 Å². The predicted molar refractivity (Wildman–Crippen MR) is 127 cm³/mol. The van der Waals surface area contributed by atoms with E-state index in [2.05, 4.69) is 4.98 Å². The number of aryl methyl sites for hydroxylation is 1. The molecule has 0 spiro atoms. The van der Waals surface area contributed by atoms with E-state index < -0.39 is 53.2 Å². The summed E-state index contributed by atoms with van der Waals surface area (Å²) >= 11 is 0. The van der Waals surface area contributed by atoms with E-state index in [-0.39, 0.29) is 22.5 Å². The first kappa shape index (κ1) is 24.4. The van der Waals surface area contributed by atoms with Crippen LogP contribution in [0.2, 0.25) is 0 Å². The molecule has 0 aliphatic carbocycles. The van der Waals surface area contributed by atoms with Crippen molar-refractivity contribution in [3.8, 4) is 5.69 Å². The van der Waals surface area contributed by atoms with Crippen LogP contribution < -0.4 is 10.3 Å². The maximum absolute atomic E-state index is 14.6. The number of hydrogen-bond donors (Lipinski definition) is 1. The molecule has 1 N–H and O–H groups in total. The number of hydrogen-bond acceptors (Lipinski definition) is 8. The van der Waals surface area contributed by atoms with Gasteiger partial charge >= 0.3 is 0 Å². The van der Waals surface area contributed by atoms with Gasteiger partial charge in [0, 0.05) is 12.1 Å². The minimum Gasteiger partial charge on any atom is -0.277 e. The summed E-state index contributed by atoms with van der Waals surface area (Å²) in [5, 5.41) is 22.9. The number of rotatable bonds is 6. The van der Waals surface area contributed by atoms with E-state index in [9.17, 15) is 37.8 Å². The average Bonchev–Trinajstić information content (AvgIpc) is 2.80. The highest BCUT2D eigenvalue weighted by Gasteiger charge is 2.28. The maximum Gasteiger partial charge on any atom is 0.280 e. The fourth-order valence-electron chi connectivity index (χ4n) is 3.68. The van der Waals surface area contributed by atoms with Crippen molar-refractivity contribution in [2.75, 3.05) is 4.72 Å². The Kier molecular flexibility index (Phi) is 5.97. The molecule has 4 rings (SSSR count). The summed E-state index contributed by atoms with van der Waals surface area (Å²) in [7, 11) is -4.72. The summed E-state index contributed by atoms with van der Waals surface area (Å²) in [5.74, 6) is -0.762. The fraction of sp³-hybridized carbons (Fsp3) is 0.0909. The molecule has 0 bridgehead atoms. The highest BCUT2D eigenvalue weighted by Crippen LogP contribution is 2.32. The number of nitrogens with zero attached hydrogens (tertiary/aromatic N) is 4. The van der Waals surface area contributed by atoms with Gasteiger partial charge in [-0.05, 0) is 44.2 Å². The molecule has 0 atom stereocenters. The van der Waals surface area contributed by atoms with Gasteiger partial charge in [0.15, 0.2) is 0 Å². The normalized spacial score (nSPS) is 11.4. The standard InChI is InChI=1S/C22H16FN5O7S/c1-12-20(27(30)31)10-15(11-21(12)28(32)33)36(34,35)25-19-9-14(7-8-17(19)23)26-13(2)24-18-6-4-3-5-16(18)22(26)29/h3-11,25H,1-2H3. The van der Waals surface area contributed by atoms with Crippen molar-refractivity contribution < 1.29 is 22.7 Å². The monoisotopic (exact) mass is 513 g/mol. The molecule has 0 radical (unpaired) electrons. The Hall–Kier alpha value is -4.72. The molecule has 36 heavy (non-hydrogen) atoms. The number of benzene rings is 3. The highest BCUT2D eigenvalue weighted by atomic mass is 32.2. The van der Waals surface area contributed by atoms with Crippen LogP contribution in [-0.2, 0) is 10.0 Å². The van der Waals surface area contributed by atoms with Crippen molar-refractivity contribution in [3.05, 3.63) is 102 Å². The largest absolute Gasteiger partial charge is 0.280 e. The van der Waals surface area contributed by atoms with Gasteiger partial charge in [-0.3, -0.25) is 34.3 Å². The van der Waals surface area contributed by atoms with Crippen LogP contribution in [-0.4, -0.2) is 27.8 Å². The van der Waals surface area contributed by atoms with Crippen molar-refractivity contribution in [3.63, 3.8) is 0 Å². The van der Waals surface area contributed by atoms with Gasteiger partial charge in [-0.15, -0.1) is 0 Å². The summed E-state index contributed by atoms with van der Waals surface area (Å²) in [6.45, 7) is 2.66. The van der Waals surface area contributed by atoms with Gasteiger partial charge in [0.05, 0.1) is 32.1 Å². The van der Waals surface area contributed by atoms with Crippen molar-refractivity contribution in [2.45, 2.75) is 18.7 Å². The molecule has 0 saturated carbocycles. The van der Waals surface area contributed by atoms with Crippen LogP contribution in [0.3, 0.4) is 0 Å². The summed E-state index contributed by atoms with van der Waals surface area (Å²) in [6, 6.07) is 11.1. The van der Waals surface area contributed by atoms with Crippen LogP contribution in [0, 0.1) is 39.9 Å². The zero-order chi connectivity index (χ0) is 26.4. The van der Waals surface area contributed by atoms with Gasteiger partial charge in [0.2, 0.25) is 0 Å². The topological polar surface area (TPSA) is 167 Å². The Balaban J connectivity index is 1.83. The third-order valence-electron chi connectivity index (χ3n) is 5.43. The predicted octanol–water partition coefficient (Wildman–Crippen LogP) is 3.76. The van der Waals surface area contributed by atoms with E-state index in [1.54, 1.807) is 31.2 Å². The number of nitro benzene ring substituents is 2. The molecule has 4 aromatic rings. The van der Waals surface area contributed by atoms with Crippen LogP contribution in [0.1, 0.15) is 11.4 Å². The Morgan fingerprint density at radius 2 is 1.58 bits per heavy atom. The van der Waals surface area contributed by atoms with Crippen molar-refractivity contribution in [2.24, 2.45) is 0 Å². The van der Waals surface area contributed by atoms with E-state index in [1.165, 1.54) is 10.6 Å². The van der Waals surface area contributed by atoms with Gasteiger partial charge in [-0.25, -0.2) is 17.8 Å². The molecule has 184 valence electrons. The minimum absolute atomic E-state index is 0.0933. The second-order valence-corrected chi connectivity index (χ2v) is 9.37. The second kappa shape index (κ2) is 8.81. The summed E-state index contributed by atoms with van der Waals surface area (Å²) in [4.78, 5) is 37.3. The van der Waals surface area contributed by atoms with E-state index in [0.29, 0.717) is 17.6 Å². The van der Waals surface area contributed by atoms with Crippen molar-refractivity contribution in [1.82, 2.24) is 9.55 Å². The Labute approximate surface area is 202 Å². The van der Waals surface area contributed by atoms with Crippen molar-refractivity contribution in [1.29, 1.82) is 0 Å². The average molecular weight is 513 g/mol. The first-order valence-electron chi connectivity index (χ1n) is 10.2. The first-order chi connectivity index (χ1) is 16.9. The van der Waals surface area contributed by atoms with Gasteiger partial charge < -0.3 is 0 Å². The van der Waals surface area contributed by atoms with Gasteiger partial charge in [0.1, 0.15) is 22.1 Å². The summed E-state index contributed by atoms with van der Waals surface area (Å²) < 4.78 is 43.7. The molecule has 14 heteroatoms. The third kappa shape index (κ3) is 4.24. The van der Waals surface area contributed by atoms with Crippen LogP contribution in [0.25, 0.3) is 16.6 Å². The Morgan fingerprint density at radius 3 is 2.19 bits per heavy atom. The molecular weight excluding hydrogens is 497 g/mol. The number of nitro groups is 2. The molecule has 1 aromatic heterocycles. The molecule has 0 aliphatic rings. The minimum atomic E-state index is -4.72. The smallest absolute Gasteiger partial charge is 0.277 e. The van der Waals surface area contributed by atoms with Crippen LogP contribution in [0.5, 0.6) is 0 Å². The van der Waals surface area contributed by atoms with Gasteiger partial charge in [-0.2, -0.15) is 0 Å². The lowest BCUT2D eigenvalue weighted by atomic mass is 10.1. The van der Waals surface area contributed by atoms with Crippen molar-refractivity contribution >= 4 is 38.0 Å². The Morgan fingerprint density at radius 1 is 0.972 bits per heavy atom. The summed E-state index contributed by atoms with van der Waals surface area (Å²) in [5.41, 5.74) is -2.43. The number of sulfonamides is 1. The number of para-hydroxylation sites is 1. The molecule has 3 aromatic carbocycles. The highest BCUT2D eigenvalue weighted by molar-refractivity contribution is 7.92. The SMILES string of the molecule is Cc1c([N+](=O)[O-])cc(S(=O)(=O)Nc2cc(-n3c(C)nc4ccccc4c3=O)ccc2F)cc1[N+](=O)[O-]. The fourth-order valence-corrected chi connectivity index (χ4v) is 4.77. The molecule has 0 amide bonds. The molecule has 0 saturated heterocycles. The van der Waals surface area contributed by atoms with Crippen LogP contribution in [0.4, 0.5) is 21.5 Å². The number of anilines is 1. The maximum atomic E-state index is 14.6. The van der Waals surface area contributed by atoms with E-state index >= 15 is 0 Å². The molecule has 12 nitrogen and oxygen atoms in total. The van der Waals surface area contributed by atoms with E-state index in [0.717, 1.165) is 19.1 Å². The molecule has 0 fully saturated rings. The van der Waals surface area contributed by atoms with Crippen LogP contribution >= 0.6 is 0 Å². The third-order valence-corrected chi connectivity index (χ3v) is 6.77. The summed E-state index contributed by atoms with van der Waals surface area (Å²) in [6.07, 6.45) is 0. The number of halogens is 1. The second-order valence-electron chi connectivity index (χ2n) is 7.69. The lowest BCUT2D eigenvalue weighted by Gasteiger charge is -2.14. The number of fused-ring (bicyclic) bond motifs is 1. The number of aromatic nitrogens is 2. The molecular formula is C22H16FN5O7S. The van der Waals surface area contributed by atoms with Gasteiger partial charge in [0.25, 0.3) is 27.0 Å². The van der Waals surface area contributed by atoms with E-state index in [4.69, 9.17) is 0 Å². The lowest BCUT2D eigenvalue weighted by molar-refractivity contribution is -0.395. The molecule has 1 heterocycles. The quantitative estimate of drug-likeness (QED) is 0.300. The van der Waals surface area contributed by atoms with E-state index in [1.807, 2.05) is 4.72 Å².